The monoisotopic (exact) mass is 268 g/mol. The third kappa shape index (κ3) is 4.16. The van der Waals surface area contributed by atoms with Crippen molar-refractivity contribution >= 4 is 11.8 Å². The van der Waals surface area contributed by atoms with Crippen LogP contribution in [0.15, 0.2) is 12.7 Å². The summed E-state index contributed by atoms with van der Waals surface area (Å²) in [5.74, 6) is -0.440. The van der Waals surface area contributed by atoms with E-state index in [2.05, 4.69) is 6.58 Å². The second kappa shape index (κ2) is 8.10. The van der Waals surface area contributed by atoms with Crippen LogP contribution in [-0.4, -0.2) is 31.6 Å². The van der Waals surface area contributed by atoms with E-state index in [-0.39, 0.29) is 12.4 Å². The number of carbonyl (C=O) groups excluding carboxylic acids is 2. The molecule has 1 atom stereocenters. The maximum absolute atomic E-state index is 12.2. The average molecular weight is 268 g/mol. The molecule has 0 radical (unpaired) electrons. The van der Waals surface area contributed by atoms with Crippen LogP contribution in [-0.2, 0) is 19.1 Å². The summed E-state index contributed by atoms with van der Waals surface area (Å²) in [5, 5.41) is 0. The Morgan fingerprint density at radius 1 is 1.47 bits per heavy atom. The van der Waals surface area contributed by atoms with E-state index in [9.17, 15) is 9.59 Å². The molecule has 1 aliphatic rings. The standard InChI is InChI=1S/C15H24O4/c1-3-5-6-7-8-10-15(14(17)19-4-2)12-18-11-9-13(15)16/h3H,1,4-12H2,2H3. The van der Waals surface area contributed by atoms with Gasteiger partial charge < -0.3 is 9.47 Å². The Bertz CT molecular complexity index is 324. The normalized spacial score (nSPS) is 23.1. The number of allylic oxidation sites excluding steroid dienone is 1. The Morgan fingerprint density at radius 3 is 2.89 bits per heavy atom. The highest BCUT2D eigenvalue weighted by Crippen LogP contribution is 2.33. The van der Waals surface area contributed by atoms with E-state index in [0.717, 1.165) is 25.7 Å². The summed E-state index contributed by atoms with van der Waals surface area (Å²) in [6.45, 7) is 6.31. The van der Waals surface area contributed by atoms with Crippen LogP contribution in [0.2, 0.25) is 0 Å². The second-order valence-electron chi connectivity index (χ2n) is 4.92. The topological polar surface area (TPSA) is 52.6 Å². The van der Waals surface area contributed by atoms with Gasteiger partial charge in [0.15, 0.2) is 5.78 Å². The molecule has 4 nitrogen and oxygen atoms in total. The lowest BCUT2D eigenvalue weighted by Crippen LogP contribution is -2.48. The number of hydrogen-bond acceptors (Lipinski definition) is 4. The molecule has 1 saturated heterocycles. The fourth-order valence-electron chi connectivity index (χ4n) is 2.38. The first-order valence-electron chi connectivity index (χ1n) is 7.06. The minimum atomic E-state index is -1.05. The highest BCUT2D eigenvalue weighted by atomic mass is 16.5. The summed E-state index contributed by atoms with van der Waals surface area (Å²) in [5.41, 5.74) is -1.05. The first-order valence-corrected chi connectivity index (χ1v) is 7.06. The molecule has 1 fully saturated rings. The van der Waals surface area contributed by atoms with Gasteiger partial charge in [-0.2, -0.15) is 0 Å². The van der Waals surface area contributed by atoms with Gasteiger partial charge in [-0.1, -0.05) is 18.9 Å². The van der Waals surface area contributed by atoms with Crippen LogP contribution < -0.4 is 0 Å². The highest BCUT2D eigenvalue weighted by Gasteiger charge is 2.48. The summed E-state index contributed by atoms with van der Waals surface area (Å²) >= 11 is 0. The SMILES string of the molecule is C=CCCCCCC1(C(=O)OCC)COCCC1=O. The number of ether oxygens (including phenoxy) is 2. The van der Waals surface area contributed by atoms with Crippen LogP contribution in [0.25, 0.3) is 0 Å². The van der Waals surface area contributed by atoms with E-state index in [1.807, 2.05) is 6.08 Å². The molecule has 0 spiro atoms. The molecular weight excluding hydrogens is 244 g/mol. The van der Waals surface area contributed by atoms with Crippen molar-refractivity contribution in [3.05, 3.63) is 12.7 Å². The van der Waals surface area contributed by atoms with Gasteiger partial charge in [-0.25, -0.2) is 0 Å². The number of hydrogen-bond donors (Lipinski definition) is 0. The van der Waals surface area contributed by atoms with Gasteiger partial charge in [0.05, 0.1) is 19.8 Å². The van der Waals surface area contributed by atoms with Crippen LogP contribution in [0.3, 0.4) is 0 Å². The zero-order valence-electron chi connectivity index (χ0n) is 11.8. The summed E-state index contributed by atoms with van der Waals surface area (Å²) in [7, 11) is 0. The van der Waals surface area contributed by atoms with Gasteiger partial charge in [0.2, 0.25) is 0 Å². The smallest absolute Gasteiger partial charge is 0.322 e. The Balaban J connectivity index is 2.61. The quantitative estimate of drug-likeness (QED) is 0.294. The number of carbonyl (C=O) groups is 2. The van der Waals surface area contributed by atoms with Gasteiger partial charge in [0.1, 0.15) is 5.41 Å². The zero-order chi connectivity index (χ0) is 14.1. The lowest BCUT2D eigenvalue weighted by molar-refractivity contribution is -0.169. The van der Waals surface area contributed by atoms with Gasteiger partial charge in [-0.15, -0.1) is 6.58 Å². The van der Waals surface area contributed by atoms with E-state index >= 15 is 0 Å². The lowest BCUT2D eigenvalue weighted by Gasteiger charge is -2.33. The molecule has 1 unspecified atom stereocenters. The average Bonchev–Trinajstić information content (AvgIpc) is 2.41. The summed E-state index contributed by atoms with van der Waals surface area (Å²) in [6.07, 6.45) is 6.56. The minimum Gasteiger partial charge on any atom is -0.465 e. The first kappa shape index (κ1) is 15.9. The van der Waals surface area contributed by atoms with E-state index in [4.69, 9.17) is 9.47 Å². The van der Waals surface area contributed by atoms with Crippen molar-refractivity contribution in [2.75, 3.05) is 19.8 Å². The molecule has 0 N–H and O–H groups in total. The molecule has 0 aromatic rings. The molecule has 0 bridgehead atoms. The van der Waals surface area contributed by atoms with E-state index in [1.54, 1.807) is 6.92 Å². The third-order valence-electron chi connectivity index (χ3n) is 3.53. The molecular formula is C15H24O4. The largest absolute Gasteiger partial charge is 0.465 e. The van der Waals surface area contributed by atoms with E-state index < -0.39 is 11.4 Å². The molecule has 1 aliphatic heterocycles. The fourth-order valence-corrected chi connectivity index (χ4v) is 2.38. The van der Waals surface area contributed by atoms with Crippen LogP contribution in [0.1, 0.15) is 45.4 Å². The molecule has 19 heavy (non-hydrogen) atoms. The maximum Gasteiger partial charge on any atom is 0.322 e. The Kier molecular flexibility index (Phi) is 6.78. The zero-order valence-corrected chi connectivity index (χ0v) is 11.8. The number of esters is 1. The van der Waals surface area contributed by atoms with Crippen LogP contribution in [0.5, 0.6) is 0 Å². The maximum atomic E-state index is 12.2. The number of rotatable bonds is 8. The molecule has 1 heterocycles. The molecule has 1 rings (SSSR count). The van der Waals surface area contributed by atoms with Crippen molar-refractivity contribution in [3.8, 4) is 0 Å². The number of unbranched alkanes of at least 4 members (excludes halogenated alkanes) is 3. The van der Waals surface area contributed by atoms with Crippen molar-refractivity contribution in [2.24, 2.45) is 5.41 Å². The van der Waals surface area contributed by atoms with Gasteiger partial charge in [-0.05, 0) is 26.2 Å². The fraction of sp³-hybridized carbons (Fsp3) is 0.733. The van der Waals surface area contributed by atoms with E-state index in [1.165, 1.54) is 0 Å². The van der Waals surface area contributed by atoms with Crippen molar-refractivity contribution in [1.82, 2.24) is 0 Å². The number of Topliss-reactive ketones (excluding diaryl/α,β-unsaturated/α-hetero) is 1. The Morgan fingerprint density at radius 2 is 2.26 bits per heavy atom. The van der Waals surface area contributed by atoms with Crippen molar-refractivity contribution < 1.29 is 19.1 Å². The van der Waals surface area contributed by atoms with Crippen molar-refractivity contribution in [3.63, 3.8) is 0 Å². The third-order valence-corrected chi connectivity index (χ3v) is 3.53. The van der Waals surface area contributed by atoms with Crippen molar-refractivity contribution in [2.45, 2.75) is 45.4 Å². The molecule has 0 aliphatic carbocycles. The molecule has 0 aromatic heterocycles. The number of ketones is 1. The second-order valence-corrected chi connectivity index (χ2v) is 4.92. The Hall–Kier alpha value is -1.16. The van der Waals surface area contributed by atoms with Gasteiger partial charge >= 0.3 is 5.97 Å². The van der Waals surface area contributed by atoms with Crippen LogP contribution in [0.4, 0.5) is 0 Å². The van der Waals surface area contributed by atoms with E-state index in [0.29, 0.717) is 26.1 Å². The molecule has 0 saturated carbocycles. The molecule has 0 amide bonds. The summed E-state index contributed by atoms with van der Waals surface area (Å²) < 4.78 is 10.4. The lowest BCUT2D eigenvalue weighted by atomic mass is 9.77. The summed E-state index contributed by atoms with van der Waals surface area (Å²) in [4.78, 5) is 24.3. The predicted molar refractivity (Wildman–Crippen MR) is 72.8 cm³/mol. The van der Waals surface area contributed by atoms with Crippen LogP contribution in [0, 0.1) is 5.41 Å². The Labute approximate surface area is 115 Å². The minimum absolute atomic E-state index is 0.0269. The van der Waals surface area contributed by atoms with Gasteiger partial charge in [-0.3, -0.25) is 9.59 Å². The molecule has 108 valence electrons. The highest BCUT2D eigenvalue weighted by molar-refractivity contribution is 6.04. The summed E-state index contributed by atoms with van der Waals surface area (Å²) in [6, 6.07) is 0. The molecule has 0 aromatic carbocycles. The van der Waals surface area contributed by atoms with Gasteiger partial charge in [0, 0.05) is 6.42 Å². The van der Waals surface area contributed by atoms with Crippen molar-refractivity contribution in [1.29, 1.82) is 0 Å². The van der Waals surface area contributed by atoms with Gasteiger partial charge in [0.25, 0.3) is 0 Å². The molecule has 4 heteroatoms. The predicted octanol–water partition coefficient (Wildman–Crippen LogP) is 2.66. The van der Waals surface area contributed by atoms with Crippen LogP contribution >= 0.6 is 0 Å². The first-order chi connectivity index (χ1) is 9.17.